The standard InChI is InChI=1S/C27H32FN3O/c1-17-6-9-23-29-25(19-7-8-21(28)18(2)10-19)22(30(23)14-17)11-24(32)31-16-27(5)13-20(31)12-26(3,4)15-27/h6-10,14,20H,11-13,15-16H2,1-5H3. The number of amides is 1. The molecular formula is C27H32FN3O. The first-order valence-electron chi connectivity index (χ1n) is 11.6. The van der Waals surface area contributed by atoms with Crippen molar-refractivity contribution in [3.8, 4) is 11.3 Å². The highest BCUT2D eigenvalue weighted by molar-refractivity contribution is 5.82. The van der Waals surface area contributed by atoms with E-state index in [1.165, 1.54) is 6.07 Å². The number of carbonyl (C=O) groups is 1. The maximum atomic E-state index is 13.9. The van der Waals surface area contributed by atoms with Crippen LogP contribution < -0.4 is 0 Å². The Morgan fingerprint density at radius 3 is 2.69 bits per heavy atom. The molecule has 0 spiro atoms. The molecule has 1 aliphatic carbocycles. The number of hydrogen-bond acceptors (Lipinski definition) is 2. The minimum Gasteiger partial charge on any atom is -0.339 e. The third-order valence-electron chi connectivity index (χ3n) is 7.35. The molecule has 3 aromatic rings. The van der Waals surface area contributed by atoms with Crippen LogP contribution in [0.5, 0.6) is 0 Å². The van der Waals surface area contributed by atoms with Crippen LogP contribution in [0.25, 0.3) is 16.9 Å². The van der Waals surface area contributed by atoms with Gasteiger partial charge in [0.1, 0.15) is 11.5 Å². The van der Waals surface area contributed by atoms with Crippen LogP contribution >= 0.6 is 0 Å². The van der Waals surface area contributed by atoms with Crippen LogP contribution in [0.1, 0.15) is 56.9 Å². The summed E-state index contributed by atoms with van der Waals surface area (Å²) in [6.07, 6.45) is 5.65. The Balaban J connectivity index is 1.54. The number of rotatable bonds is 3. The third-order valence-corrected chi connectivity index (χ3v) is 7.35. The Labute approximate surface area is 189 Å². The molecule has 32 heavy (non-hydrogen) atoms. The summed E-state index contributed by atoms with van der Waals surface area (Å²) in [5.41, 5.74) is 5.46. The van der Waals surface area contributed by atoms with Gasteiger partial charge in [-0.05, 0) is 79.3 Å². The number of pyridine rings is 1. The molecule has 168 valence electrons. The number of aryl methyl sites for hydroxylation is 2. The molecule has 2 bridgehead atoms. The fraction of sp³-hybridized carbons (Fsp3) is 0.481. The van der Waals surface area contributed by atoms with Crippen LogP contribution in [0.4, 0.5) is 4.39 Å². The molecule has 0 N–H and O–H groups in total. The van der Waals surface area contributed by atoms with Crippen LogP contribution in [0.2, 0.25) is 0 Å². The molecule has 0 radical (unpaired) electrons. The number of carbonyl (C=O) groups excluding carboxylic acids is 1. The smallest absolute Gasteiger partial charge is 0.228 e. The summed E-state index contributed by atoms with van der Waals surface area (Å²) in [4.78, 5) is 20.6. The lowest BCUT2D eigenvalue weighted by Crippen LogP contribution is -2.38. The topological polar surface area (TPSA) is 37.6 Å². The number of likely N-dealkylation sites (tertiary alicyclic amines) is 1. The van der Waals surface area contributed by atoms with Gasteiger partial charge in [0, 0.05) is 24.3 Å². The molecule has 5 heteroatoms. The second kappa shape index (κ2) is 7.16. The van der Waals surface area contributed by atoms with Gasteiger partial charge in [-0.25, -0.2) is 9.37 Å². The first kappa shape index (κ1) is 21.2. The van der Waals surface area contributed by atoms with Gasteiger partial charge in [0.05, 0.1) is 17.8 Å². The Morgan fingerprint density at radius 1 is 1.16 bits per heavy atom. The molecule has 1 aliphatic heterocycles. The molecule has 4 nitrogen and oxygen atoms in total. The van der Waals surface area contributed by atoms with E-state index in [0.29, 0.717) is 18.0 Å². The van der Waals surface area contributed by atoms with Crippen molar-refractivity contribution in [3.63, 3.8) is 0 Å². The monoisotopic (exact) mass is 433 g/mol. The van der Waals surface area contributed by atoms with E-state index < -0.39 is 0 Å². The number of fused-ring (bicyclic) bond motifs is 3. The van der Waals surface area contributed by atoms with Crippen molar-refractivity contribution in [2.45, 2.75) is 66.3 Å². The number of imidazole rings is 1. The minimum absolute atomic E-state index is 0.166. The van der Waals surface area contributed by atoms with E-state index in [2.05, 4.69) is 25.7 Å². The average molecular weight is 434 g/mol. The van der Waals surface area contributed by atoms with Crippen molar-refractivity contribution in [2.75, 3.05) is 6.54 Å². The molecule has 3 heterocycles. The van der Waals surface area contributed by atoms with Crippen LogP contribution in [0.15, 0.2) is 36.5 Å². The molecule has 2 aromatic heterocycles. The summed E-state index contributed by atoms with van der Waals surface area (Å²) in [6.45, 7) is 11.6. The maximum Gasteiger partial charge on any atom is 0.228 e. The summed E-state index contributed by atoms with van der Waals surface area (Å²) in [5, 5.41) is 0. The zero-order valence-electron chi connectivity index (χ0n) is 19.7. The highest BCUT2D eigenvalue weighted by atomic mass is 19.1. The number of nitrogens with zero attached hydrogens (tertiary/aromatic N) is 3. The predicted molar refractivity (Wildman–Crippen MR) is 125 cm³/mol. The van der Waals surface area contributed by atoms with E-state index in [9.17, 15) is 9.18 Å². The Hall–Kier alpha value is -2.69. The van der Waals surface area contributed by atoms with Gasteiger partial charge in [0.15, 0.2) is 0 Å². The molecule has 1 aromatic carbocycles. The summed E-state index contributed by atoms with van der Waals surface area (Å²) < 4.78 is 16.0. The zero-order chi connectivity index (χ0) is 22.8. The number of benzene rings is 1. The van der Waals surface area contributed by atoms with Gasteiger partial charge in [-0.2, -0.15) is 0 Å². The van der Waals surface area contributed by atoms with Gasteiger partial charge < -0.3 is 9.30 Å². The molecule has 2 aliphatic rings. The van der Waals surface area contributed by atoms with Crippen molar-refractivity contribution in [1.82, 2.24) is 14.3 Å². The van der Waals surface area contributed by atoms with Crippen molar-refractivity contribution in [2.24, 2.45) is 10.8 Å². The average Bonchev–Trinajstić information content (AvgIpc) is 3.17. The molecule has 2 atom stereocenters. The molecule has 2 fully saturated rings. The summed E-state index contributed by atoms with van der Waals surface area (Å²) in [5.74, 6) is -0.0639. The van der Waals surface area contributed by atoms with Crippen LogP contribution in [-0.4, -0.2) is 32.8 Å². The molecule has 1 amide bonds. The first-order chi connectivity index (χ1) is 15.0. The maximum absolute atomic E-state index is 13.9. The Morgan fingerprint density at radius 2 is 1.94 bits per heavy atom. The third kappa shape index (κ3) is 3.62. The Kier molecular flexibility index (Phi) is 4.74. The fourth-order valence-electron chi connectivity index (χ4n) is 6.39. The minimum atomic E-state index is -0.230. The van der Waals surface area contributed by atoms with E-state index in [0.717, 1.165) is 54.0 Å². The van der Waals surface area contributed by atoms with Gasteiger partial charge >= 0.3 is 0 Å². The fourth-order valence-corrected chi connectivity index (χ4v) is 6.39. The van der Waals surface area contributed by atoms with Gasteiger partial charge in [-0.15, -0.1) is 0 Å². The molecule has 1 saturated heterocycles. The summed E-state index contributed by atoms with van der Waals surface area (Å²) in [7, 11) is 0. The highest BCUT2D eigenvalue weighted by Gasteiger charge is 2.50. The van der Waals surface area contributed by atoms with Crippen LogP contribution in [-0.2, 0) is 11.2 Å². The predicted octanol–water partition coefficient (Wildman–Crippen LogP) is 5.73. The number of hydrogen-bond donors (Lipinski definition) is 0. The van der Waals surface area contributed by atoms with Crippen LogP contribution in [0, 0.1) is 30.5 Å². The van der Waals surface area contributed by atoms with Gasteiger partial charge in [-0.1, -0.05) is 26.8 Å². The normalized spacial score (nSPS) is 24.3. The lowest BCUT2D eigenvalue weighted by Gasteiger charge is -2.39. The van der Waals surface area contributed by atoms with Gasteiger partial charge in [-0.3, -0.25) is 4.79 Å². The molecule has 5 rings (SSSR count). The summed E-state index contributed by atoms with van der Waals surface area (Å²) >= 11 is 0. The second-order valence-corrected chi connectivity index (χ2v) is 11.2. The van der Waals surface area contributed by atoms with Crippen LogP contribution in [0.3, 0.4) is 0 Å². The van der Waals surface area contributed by atoms with E-state index in [4.69, 9.17) is 4.98 Å². The lowest BCUT2D eigenvalue weighted by molar-refractivity contribution is -0.131. The second-order valence-electron chi connectivity index (χ2n) is 11.2. The SMILES string of the molecule is Cc1ccc2nc(-c3ccc(F)c(C)c3)c(CC(=O)N3CC4(C)CC3CC(C)(C)C4)n2c1. The van der Waals surface area contributed by atoms with E-state index in [-0.39, 0.29) is 22.6 Å². The molecular weight excluding hydrogens is 401 g/mol. The highest BCUT2D eigenvalue weighted by Crippen LogP contribution is 2.52. The zero-order valence-corrected chi connectivity index (χ0v) is 19.7. The number of halogens is 1. The quantitative estimate of drug-likeness (QED) is 0.529. The number of aromatic nitrogens is 2. The molecule has 2 unspecified atom stereocenters. The van der Waals surface area contributed by atoms with Crippen molar-refractivity contribution >= 4 is 11.6 Å². The largest absolute Gasteiger partial charge is 0.339 e. The van der Waals surface area contributed by atoms with Gasteiger partial charge in [0.2, 0.25) is 5.91 Å². The summed E-state index contributed by atoms with van der Waals surface area (Å²) in [6, 6.07) is 9.39. The Bertz CT molecular complexity index is 1230. The lowest BCUT2D eigenvalue weighted by atomic mass is 9.65. The first-order valence-corrected chi connectivity index (χ1v) is 11.6. The van der Waals surface area contributed by atoms with E-state index >= 15 is 0 Å². The molecule has 1 saturated carbocycles. The van der Waals surface area contributed by atoms with E-state index in [1.54, 1.807) is 13.0 Å². The van der Waals surface area contributed by atoms with Crippen molar-refractivity contribution < 1.29 is 9.18 Å². The van der Waals surface area contributed by atoms with Crippen molar-refractivity contribution in [3.05, 3.63) is 59.2 Å². The van der Waals surface area contributed by atoms with Crippen molar-refractivity contribution in [1.29, 1.82) is 0 Å². The van der Waals surface area contributed by atoms with Gasteiger partial charge in [0.25, 0.3) is 0 Å². The van der Waals surface area contributed by atoms with E-state index in [1.807, 2.05) is 35.7 Å².